The van der Waals surface area contributed by atoms with E-state index in [9.17, 15) is 14.4 Å². The monoisotopic (exact) mass is 432 g/mol. The Hall–Kier alpha value is -3.00. The van der Waals surface area contributed by atoms with Crippen LogP contribution in [-0.4, -0.2) is 41.9 Å². The third-order valence-electron chi connectivity index (χ3n) is 4.80. The summed E-state index contributed by atoms with van der Waals surface area (Å²) in [6.07, 6.45) is 2.67. The average molecular weight is 433 g/mol. The van der Waals surface area contributed by atoms with Gasteiger partial charge in [0.25, 0.3) is 5.91 Å². The molecule has 1 aromatic carbocycles. The van der Waals surface area contributed by atoms with Crippen LogP contribution in [0.2, 0.25) is 5.02 Å². The Morgan fingerprint density at radius 2 is 1.87 bits per heavy atom. The van der Waals surface area contributed by atoms with Crippen LogP contribution in [0, 0.1) is 5.92 Å². The third kappa shape index (κ3) is 5.54. The maximum atomic E-state index is 12.5. The molecular formula is C21H25ClN4O4. The minimum atomic E-state index is -0.414. The van der Waals surface area contributed by atoms with E-state index in [0.29, 0.717) is 37.3 Å². The van der Waals surface area contributed by atoms with Crippen LogP contribution in [0.1, 0.15) is 37.2 Å². The van der Waals surface area contributed by atoms with Crippen molar-refractivity contribution < 1.29 is 18.8 Å². The number of carbonyl (C=O) groups excluding carboxylic acids is 3. The van der Waals surface area contributed by atoms with Crippen molar-refractivity contribution >= 4 is 40.8 Å². The summed E-state index contributed by atoms with van der Waals surface area (Å²) in [5.74, 6) is -0.260. The van der Waals surface area contributed by atoms with E-state index in [1.807, 2.05) is 13.8 Å². The van der Waals surface area contributed by atoms with Crippen LogP contribution >= 0.6 is 11.6 Å². The first-order chi connectivity index (χ1) is 14.3. The second-order valence-corrected chi connectivity index (χ2v) is 7.89. The first-order valence-corrected chi connectivity index (χ1v) is 10.2. The smallest absolute Gasteiger partial charge is 0.321 e. The molecule has 2 aromatic rings. The molecular weight excluding hydrogens is 408 g/mol. The molecule has 3 N–H and O–H groups in total. The molecule has 0 atom stereocenters. The predicted molar refractivity (Wildman–Crippen MR) is 115 cm³/mol. The number of nitrogens with zero attached hydrogens (tertiary/aromatic N) is 1. The molecule has 1 saturated heterocycles. The number of anilines is 2. The Kier molecular flexibility index (Phi) is 6.99. The molecule has 0 unspecified atom stereocenters. The topological polar surface area (TPSA) is 104 Å². The molecule has 0 aliphatic carbocycles. The van der Waals surface area contributed by atoms with Crippen molar-refractivity contribution in [1.82, 2.24) is 10.2 Å². The summed E-state index contributed by atoms with van der Waals surface area (Å²) >= 11 is 6.24. The molecule has 9 heteroatoms. The Labute approximate surface area is 179 Å². The second-order valence-electron chi connectivity index (χ2n) is 7.48. The first kappa shape index (κ1) is 21.7. The van der Waals surface area contributed by atoms with Crippen molar-refractivity contribution in [3.63, 3.8) is 0 Å². The lowest BCUT2D eigenvalue weighted by Gasteiger charge is -2.31. The summed E-state index contributed by atoms with van der Waals surface area (Å²) < 4.78 is 5.05. The zero-order valence-corrected chi connectivity index (χ0v) is 17.7. The Bertz CT molecular complexity index is 906. The maximum absolute atomic E-state index is 12.5. The van der Waals surface area contributed by atoms with E-state index in [0.717, 1.165) is 0 Å². The van der Waals surface area contributed by atoms with Crippen molar-refractivity contribution in [2.75, 3.05) is 23.7 Å². The van der Waals surface area contributed by atoms with Crippen molar-refractivity contribution in [3.05, 3.63) is 47.4 Å². The Morgan fingerprint density at radius 1 is 1.13 bits per heavy atom. The second kappa shape index (κ2) is 9.67. The number of likely N-dealkylation sites (tertiary alicyclic amines) is 1. The Morgan fingerprint density at radius 3 is 2.47 bits per heavy atom. The summed E-state index contributed by atoms with van der Waals surface area (Å²) in [6, 6.07) is 7.87. The fraction of sp³-hybridized carbons (Fsp3) is 0.381. The number of amides is 4. The molecule has 1 aliphatic heterocycles. The van der Waals surface area contributed by atoms with Gasteiger partial charge in [-0.3, -0.25) is 9.59 Å². The summed E-state index contributed by atoms with van der Waals surface area (Å²) in [6.45, 7) is 4.87. The van der Waals surface area contributed by atoms with Gasteiger partial charge >= 0.3 is 6.03 Å². The molecule has 30 heavy (non-hydrogen) atoms. The first-order valence-electron chi connectivity index (χ1n) is 9.84. The number of hydrogen-bond donors (Lipinski definition) is 3. The summed E-state index contributed by atoms with van der Waals surface area (Å²) in [5.41, 5.74) is 0.925. The van der Waals surface area contributed by atoms with Gasteiger partial charge < -0.3 is 25.3 Å². The third-order valence-corrected chi connectivity index (χ3v) is 5.11. The standard InChI is InChI=1S/C21H25ClN4O4/c1-13(2)23-19(27)14-7-9-26(10-8-14)21(29)24-15-5-6-17(16(22)12-15)25-20(28)18-4-3-11-30-18/h3-6,11-14H,7-10H2,1-2H3,(H,23,27)(H,24,29)(H,25,28). The van der Waals surface area contributed by atoms with Crippen LogP contribution in [0.25, 0.3) is 0 Å². The molecule has 0 radical (unpaired) electrons. The van der Waals surface area contributed by atoms with E-state index in [1.165, 1.54) is 6.26 Å². The molecule has 2 heterocycles. The van der Waals surface area contributed by atoms with Crippen molar-refractivity contribution in [2.24, 2.45) is 5.92 Å². The zero-order valence-electron chi connectivity index (χ0n) is 16.9. The summed E-state index contributed by atoms with van der Waals surface area (Å²) in [4.78, 5) is 38.4. The predicted octanol–water partition coefficient (Wildman–Crippen LogP) is 3.95. The van der Waals surface area contributed by atoms with E-state index in [4.69, 9.17) is 16.0 Å². The number of rotatable bonds is 5. The summed E-state index contributed by atoms with van der Waals surface area (Å²) in [5, 5.41) is 8.68. The van der Waals surface area contributed by atoms with Crippen LogP contribution in [-0.2, 0) is 4.79 Å². The van der Waals surface area contributed by atoms with Crippen LogP contribution in [0.15, 0.2) is 41.0 Å². The van der Waals surface area contributed by atoms with Crippen LogP contribution in [0.5, 0.6) is 0 Å². The minimum absolute atomic E-state index is 0.0454. The van der Waals surface area contributed by atoms with Gasteiger partial charge in [0.2, 0.25) is 5.91 Å². The largest absolute Gasteiger partial charge is 0.459 e. The van der Waals surface area contributed by atoms with E-state index in [2.05, 4.69) is 16.0 Å². The van der Waals surface area contributed by atoms with Crippen LogP contribution in [0.4, 0.5) is 16.2 Å². The molecule has 160 valence electrons. The Balaban J connectivity index is 1.53. The molecule has 0 saturated carbocycles. The normalized spacial score (nSPS) is 14.5. The number of piperidine rings is 1. The number of urea groups is 1. The highest BCUT2D eigenvalue weighted by atomic mass is 35.5. The number of benzene rings is 1. The molecule has 3 rings (SSSR count). The quantitative estimate of drug-likeness (QED) is 0.665. The lowest BCUT2D eigenvalue weighted by atomic mass is 9.96. The SMILES string of the molecule is CC(C)NC(=O)C1CCN(C(=O)Nc2ccc(NC(=O)c3ccco3)c(Cl)c2)CC1. The highest BCUT2D eigenvalue weighted by Gasteiger charge is 2.27. The van der Waals surface area contributed by atoms with Crippen molar-refractivity contribution in [2.45, 2.75) is 32.7 Å². The molecule has 1 fully saturated rings. The van der Waals surface area contributed by atoms with E-state index in [-0.39, 0.29) is 34.7 Å². The van der Waals surface area contributed by atoms with E-state index >= 15 is 0 Å². The zero-order chi connectivity index (χ0) is 21.7. The van der Waals surface area contributed by atoms with E-state index < -0.39 is 5.91 Å². The molecule has 0 spiro atoms. The summed E-state index contributed by atoms with van der Waals surface area (Å²) in [7, 11) is 0. The van der Waals surface area contributed by atoms with Gasteiger partial charge in [-0.1, -0.05) is 11.6 Å². The van der Waals surface area contributed by atoms with Gasteiger partial charge in [-0.05, 0) is 57.0 Å². The molecule has 4 amide bonds. The number of hydrogen-bond acceptors (Lipinski definition) is 4. The number of halogens is 1. The fourth-order valence-electron chi connectivity index (χ4n) is 3.24. The number of carbonyl (C=O) groups is 3. The van der Waals surface area contributed by atoms with Crippen LogP contribution in [0.3, 0.4) is 0 Å². The van der Waals surface area contributed by atoms with Crippen molar-refractivity contribution in [1.29, 1.82) is 0 Å². The molecule has 1 aromatic heterocycles. The number of nitrogens with one attached hydrogen (secondary N) is 3. The maximum Gasteiger partial charge on any atom is 0.321 e. The highest BCUT2D eigenvalue weighted by Crippen LogP contribution is 2.27. The minimum Gasteiger partial charge on any atom is -0.459 e. The van der Waals surface area contributed by atoms with Crippen molar-refractivity contribution in [3.8, 4) is 0 Å². The lowest BCUT2D eigenvalue weighted by molar-refractivity contribution is -0.126. The fourth-order valence-corrected chi connectivity index (χ4v) is 3.46. The molecule has 0 bridgehead atoms. The average Bonchev–Trinajstić information content (AvgIpc) is 3.24. The van der Waals surface area contributed by atoms with Gasteiger partial charge in [0.05, 0.1) is 17.0 Å². The molecule has 1 aliphatic rings. The van der Waals surface area contributed by atoms with Gasteiger partial charge in [-0.15, -0.1) is 0 Å². The molecule has 8 nitrogen and oxygen atoms in total. The highest BCUT2D eigenvalue weighted by molar-refractivity contribution is 6.34. The van der Waals surface area contributed by atoms with E-state index in [1.54, 1.807) is 35.2 Å². The van der Waals surface area contributed by atoms with Crippen LogP contribution < -0.4 is 16.0 Å². The van der Waals surface area contributed by atoms with Gasteiger partial charge in [-0.25, -0.2) is 4.79 Å². The van der Waals surface area contributed by atoms with Gasteiger partial charge in [0.15, 0.2) is 5.76 Å². The van der Waals surface area contributed by atoms with Gasteiger partial charge in [0.1, 0.15) is 0 Å². The van der Waals surface area contributed by atoms with Gasteiger partial charge in [-0.2, -0.15) is 0 Å². The number of furan rings is 1. The van der Waals surface area contributed by atoms with Gasteiger partial charge in [0, 0.05) is 30.7 Å². The lowest BCUT2D eigenvalue weighted by Crippen LogP contribution is -2.45.